The summed E-state index contributed by atoms with van der Waals surface area (Å²) in [7, 11) is -3.73. The number of benzene rings is 3. The molecule has 4 amide bonds. The van der Waals surface area contributed by atoms with E-state index in [-0.39, 0.29) is 30.0 Å². The van der Waals surface area contributed by atoms with Crippen LogP contribution in [0.2, 0.25) is 0 Å². The van der Waals surface area contributed by atoms with Crippen molar-refractivity contribution in [1.29, 1.82) is 0 Å². The first-order valence-electron chi connectivity index (χ1n) is 17.3. The smallest absolute Gasteiger partial charge is 0.326 e. The number of carbonyl (C=O) groups excluding carboxylic acids is 4. The number of amides is 4. The molecule has 270 valence electrons. The number of rotatable bonds is 7. The molecule has 1 unspecified atom stereocenters. The van der Waals surface area contributed by atoms with Crippen LogP contribution in [0.4, 0.5) is 17.1 Å². The van der Waals surface area contributed by atoms with E-state index in [4.69, 9.17) is 10.3 Å². The molecule has 0 aliphatic carbocycles. The van der Waals surface area contributed by atoms with Crippen LogP contribution in [-0.2, 0) is 33.1 Å². The van der Waals surface area contributed by atoms with Crippen molar-refractivity contribution in [3.05, 3.63) is 88.4 Å². The highest BCUT2D eigenvalue weighted by Crippen LogP contribution is 2.40. The van der Waals surface area contributed by atoms with Gasteiger partial charge in [-0.25, -0.2) is 0 Å². The molecule has 3 aliphatic heterocycles. The summed E-state index contributed by atoms with van der Waals surface area (Å²) >= 11 is 0. The summed E-state index contributed by atoms with van der Waals surface area (Å²) in [5.41, 5.74) is 14.5. The molecule has 1 atom stereocenters. The topological polar surface area (TPSA) is 210 Å². The number of fused-ring (bicyclic) bond motifs is 9. The van der Waals surface area contributed by atoms with Crippen LogP contribution in [0.25, 0.3) is 32.7 Å². The molecule has 0 fully saturated rings. The first-order chi connectivity index (χ1) is 25.5. The first kappa shape index (κ1) is 33.1. The number of nitrogens with zero attached hydrogens (tertiary/aromatic N) is 3. The molecule has 9 rings (SSSR count). The van der Waals surface area contributed by atoms with Gasteiger partial charge in [-0.15, -0.1) is 0 Å². The number of nitrogens with two attached hydrogens (primary N) is 1. The molecule has 0 spiro atoms. The molecule has 3 aromatic heterocycles. The van der Waals surface area contributed by atoms with Crippen molar-refractivity contribution in [2.75, 3.05) is 54.3 Å². The molecule has 0 saturated carbocycles. The van der Waals surface area contributed by atoms with Gasteiger partial charge in [-0.2, -0.15) is 0 Å². The SMILES string of the molecule is CP(=O)(O)OCNC(=O)c1cc2c3c(ccc2[nH]1)N(C(=O)c1cc2c4c(ccc2[nH]1)N(C(=O)c1cc2c5c(ccc2[nH]1)N(C(=O)CN)CC5)CC4)CC3. The highest BCUT2D eigenvalue weighted by molar-refractivity contribution is 7.51. The van der Waals surface area contributed by atoms with Gasteiger partial charge < -0.3 is 45.6 Å². The summed E-state index contributed by atoms with van der Waals surface area (Å²) in [4.78, 5) is 77.2. The Hall–Kier alpha value is -5.73. The van der Waals surface area contributed by atoms with Crippen molar-refractivity contribution in [1.82, 2.24) is 20.3 Å². The van der Waals surface area contributed by atoms with Gasteiger partial charge in [0.1, 0.15) is 23.8 Å². The molecule has 16 heteroatoms. The van der Waals surface area contributed by atoms with Crippen molar-refractivity contribution in [3.63, 3.8) is 0 Å². The zero-order valence-electron chi connectivity index (χ0n) is 28.6. The molecular weight excluding hydrogens is 699 g/mol. The lowest BCUT2D eigenvalue weighted by Crippen LogP contribution is -2.34. The van der Waals surface area contributed by atoms with Gasteiger partial charge in [0.25, 0.3) is 17.7 Å². The number of aromatic nitrogens is 3. The molecule has 0 saturated heterocycles. The minimum Gasteiger partial charge on any atom is -0.351 e. The number of hydrogen-bond acceptors (Lipinski definition) is 7. The Kier molecular flexibility index (Phi) is 7.61. The summed E-state index contributed by atoms with van der Waals surface area (Å²) in [6, 6.07) is 16.8. The molecule has 6 aromatic rings. The van der Waals surface area contributed by atoms with Crippen LogP contribution in [0.3, 0.4) is 0 Å². The second-order valence-corrected chi connectivity index (χ2v) is 15.5. The average Bonchev–Trinajstić information content (AvgIpc) is 3.98. The molecule has 0 radical (unpaired) electrons. The fraction of sp³-hybridized carbons (Fsp3) is 0.243. The van der Waals surface area contributed by atoms with Gasteiger partial charge in [-0.3, -0.25) is 28.3 Å². The Morgan fingerprint density at radius 2 is 1.13 bits per heavy atom. The van der Waals surface area contributed by atoms with Crippen molar-refractivity contribution in [2.45, 2.75) is 19.3 Å². The van der Waals surface area contributed by atoms with Crippen molar-refractivity contribution in [3.8, 4) is 0 Å². The molecular formula is C37H35N8O7P. The van der Waals surface area contributed by atoms with E-state index in [2.05, 4.69) is 20.3 Å². The molecule has 3 aromatic carbocycles. The highest BCUT2D eigenvalue weighted by atomic mass is 31.2. The lowest BCUT2D eigenvalue weighted by Gasteiger charge is -2.16. The fourth-order valence-corrected chi connectivity index (χ4v) is 8.39. The van der Waals surface area contributed by atoms with Crippen molar-refractivity contribution in [2.24, 2.45) is 5.73 Å². The molecule has 53 heavy (non-hydrogen) atoms. The Labute approximate surface area is 301 Å². The summed E-state index contributed by atoms with van der Waals surface area (Å²) in [5.74, 6) is -0.952. The second-order valence-electron chi connectivity index (χ2n) is 13.6. The third-order valence-electron chi connectivity index (χ3n) is 10.5. The lowest BCUT2D eigenvalue weighted by molar-refractivity contribution is -0.117. The number of aromatic amines is 3. The summed E-state index contributed by atoms with van der Waals surface area (Å²) < 4.78 is 16.1. The number of H-pyrrole nitrogens is 3. The third kappa shape index (κ3) is 5.43. The van der Waals surface area contributed by atoms with Gasteiger partial charge >= 0.3 is 7.60 Å². The maximum atomic E-state index is 14.0. The minimum atomic E-state index is -3.73. The van der Waals surface area contributed by atoms with Crippen LogP contribution in [-0.4, -0.2) is 83.0 Å². The molecule has 3 aliphatic rings. The van der Waals surface area contributed by atoms with E-state index in [1.165, 1.54) is 0 Å². The van der Waals surface area contributed by atoms with Gasteiger partial charge in [0.05, 0.1) is 6.54 Å². The van der Waals surface area contributed by atoms with Gasteiger partial charge in [-0.1, -0.05) is 0 Å². The Balaban J connectivity index is 0.955. The monoisotopic (exact) mass is 734 g/mol. The Morgan fingerprint density at radius 3 is 1.58 bits per heavy atom. The van der Waals surface area contributed by atoms with Crippen LogP contribution in [0.1, 0.15) is 48.2 Å². The standard InChI is InChI=1S/C37H35N8O7P/c1-53(50,51)52-18-39-35(47)28-14-22-20-9-12-44(32(20)6-3-25(22)40-28)37(49)30-16-24-21-10-13-45(33(21)7-4-27(24)42-30)36(48)29-15-23-19-8-11-43(34(46)17-38)31(19)5-2-26(23)41-29/h2-7,14-16,40-42H,8-13,17-18,38H2,1H3,(H,39,47)(H,50,51). The van der Waals surface area contributed by atoms with Gasteiger partial charge in [-0.05, 0) is 90.6 Å². The number of hydrogen-bond donors (Lipinski definition) is 6. The predicted octanol–water partition coefficient (Wildman–Crippen LogP) is 3.90. The van der Waals surface area contributed by atoms with Crippen molar-refractivity contribution < 1.29 is 33.2 Å². The Morgan fingerprint density at radius 1 is 0.717 bits per heavy atom. The van der Waals surface area contributed by atoms with Gasteiger partial charge in [0.15, 0.2) is 0 Å². The van der Waals surface area contributed by atoms with Crippen LogP contribution in [0, 0.1) is 0 Å². The van der Waals surface area contributed by atoms with Crippen LogP contribution < -0.4 is 25.8 Å². The number of carbonyl (C=O) groups is 4. The zero-order valence-corrected chi connectivity index (χ0v) is 29.5. The molecule has 7 N–H and O–H groups in total. The predicted molar refractivity (Wildman–Crippen MR) is 200 cm³/mol. The third-order valence-corrected chi connectivity index (χ3v) is 11.1. The summed E-state index contributed by atoms with van der Waals surface area (Å²) in [5, 5.41) is 5.10. The van der Waals surface area contributed by atoms with Crippen LogP contribution >= 0.6 is 7.60 Å². The van der Waals surface area contributed by atoms with E-state index in [0.29, 0.717) is 50.3 Å². The van der Waals surface area contributed by atoms with E-state index in [0.717, 1.165) is 73.1 Å². The van der Waals surface area contributed by atoms with Gasteiger partial charge in [0.2, 0.25) is 5.91 Å². The van der Waals surface area contributed by atoms with E-state index >= 15 is 0 Å². The molecule has 15 nitrogen and oxygen atoms in total. The number of anilines is 3. The van der Waals surface area contributed by atoms with E-state index in [1.807, 2.05) is 48.5 Å². The van der Waals surface area contributed by atoms with Crippen molar-refractivity contribution >= 4 is 81.0 Å². The zero-order chi connectivity index (χ0) is 36.8. The first-order valence-corrected chi connectivity index (χ1v) is 19.3. The van der Waals surface area contributed by atoms with Crippen LogP contribution in [0.5, 0.6) is 0 Å². The quantitative estimate of drug-likeness (QED) is 0.104. The maximum Gasteiger partial charge on any atom is 0.326 e. The summed E-state index contributed by atoms with van der Waals surface area (Å²) in [6.45, 7) is 2.09. The average molecular weight is 735 g/mol. The normalized spacial score (nSPS) is 16.0. The van der Waals surface area contributed by atoms with E-state index in [9.17, 15) is 28.6 Å². The van der Waals surface area contributed by atoms with E-state index in [1.54, 1.807) is 20.8 Å². The second kappa shape index (κ2) is 12.2. The lowest BCUT2D eigenvalue weighted by atomic mass is 10.1. The largest absolute Gasteiger partial charge is 0.351 e. The highest BCUT2D eigenvalue weighted by Gasteiger charge is 2.33. The van der Waals surface area contributed by atoms with E-state index < -0.39 is 20.2 Å². The van der Waals surface area contributed by atoms with Crippen LogP contribution in [0.15, 0.2) is 54.6 Å². The molecule has 0 bridgehead atoms. The molecule has 6 heterocycles. The maximum absolute atomic E-state index is 14.0. The number of nitrogens with one attached hydrogen (secondary N) is 4. The summed E-state index contributed by atoms with van der Waals surface area (Å²) in [6.07, 6.45) is 1.92. The van der Waals surface area contributed by atoms with Gasteiger partial charge in [0, 0.05) is 76.1 Å². The minimum absolute atomic E-state index is 0.0577. The Bertz CT molecular complexity index is 2620. The fourth-order valence-electron chi connectivity index (χ4n) is 8.08.